The van der Waals surface area contributed by atoms with Gasteiger partial charge in [0.05, 0.1) is 0 Å². The lowest BCUT2D eigenvalue weighted by atomic mass is 9.95. The number of hydrogen-bond donors (Lipinski definition) is 2. The third-order valence-corrected chi connectivity index (χ3v) is 4.18. The largest absolute Gasteiger partial charge is 0.396 e. The molecule has 17 heavy (non-hydrogen) atoms. The van der Waals surface area contributed by atoms with Crippen molar-refractivity contribution in [2.24, 2.45) is 17.8 Å². The number of carbonyl (C=O) groups is 1. The molecular formula is C13H23NO3. The van der Waals surface area contributed by atoms with Gasteiger partial charge in [0, 0.05) is 32.3 Å². The van der Waals surface area contributed by atoms with Crippen molar-refractivity contribution in [3.05, 3.63) is 0 Å². The lowest BCUT2D eigenvalue weighted by molar-refractivity contribution is -0.128. The van der Waals surface area contributed by atoms with Gasteiger partial charge < -0.3 is 15.2 Å². The summed E-state index contributed by atoms with van der Waals surface area (Å²) in [6.45, 7) is 2.42. The molecule has 0 aromatic rings. The van der Waals surface area contributed by atoms with Gasteiger partial charge in [0.15, 0.2) is 0 Å². The molecule has 0 radical (unpaired) electrons. The fraction of sp³-hybridized carbons (Fsp3) is 0.923. The Bertz CT molecular complexity index is 251. The first kappa shape index (κ1) is 12.8. The molecule has 1 aliphatic carbocycles. The predicted molar refractivity (Wildman–Crippen MR) is 64.5 cm³/mol. The van der Waals surface area contributed by atoms with Crippen LogP contribution in [0.2, 0.25) is 0 Å². The highest BCUT2D eigenvalue weighted by atomic mass is 16.5. The summed E-state index contributed by atoms with van der Waals surface area (Å²) in [4.78, 5) is 11.9. The van der Waals surface area contributed by atoms with Crippen LogP contribution in [-0.2, 0) is 9.53 Å². The molecule has 1 heterocycles. The second-order valence-electron chi connectivity index (χ2n) is 5.27. The van der Waals surface area contributed by atoms with Crippen LogP contribution in [0.1, 0.15) is 32.1 Å². The average Bonchev–Trinajstić information content (AvgIpc) is 2.84. The van der Waals surface area contributed by atoms with E-state index >= 15 is 0 Å². The Morgan fingerprint density at radius 3 is 2.59 bits per heavy atom. The molecule has 1 amide bonds. The fourth-order valence-corrected chi connectivity index (χ4v) is 2.96. The van der Waals surface area contributed by atoms with Crippen LogP contribution in [0.15, 0.2) is 0 Å². The Labute approximate surface area is 103 Å². The maximum absolute atomic E-state index is 11.9. The summed E-state index contributed by atoms with van der Waals surface area (Å²) in [7, 11) is 0. The Morgan fingerprint density at radius 1 is 1.18 bits per heavy atom. The lowest BCUT2D eigenvalue weighted by Gasteiger charge is -2.23. The highest BCUT2D eigenvalue weighted by molar-refractivity contribution is 5.78. The number of aliphatic hydroxyl groups excluding tert-OH is 1. The van der Waals surface area contributed by atoms with Crippen LogP contribution in [0.5, 0.6) is 0 Å². The summed E-state index contributed by atoms with van der Waals surface area (Å²) in [5.41, 5.74) is 0. The third-order valence-electron chi connectivity index (χ3n) is 4.18. The molecule has 0 aromatic carbocycles. The smallest absolute Gasteiger partial charge is 0.223 e. The zero-order chi connectivity index (χ0) is 12.1. The van der Waals surface area contributed by atoms with E-state index in [0.717, 1.165) is 32.2 Å². The van der Waals surface area contributed by atoms with Crippen molar-refractivity contribution in [1.29, 1.82) is 0 Å². The van der Waals surface area contributed by atoms with Crippen molar-refractivity contribution in [3.8, 4) is 0 Å². The normalized spacial score (nSPS) is 30.4. The van der Waals surface area contributed by atoms with Gasteiger partial charge in [-0.15, -0.1) is 0 Å². The molecule has 1 aliphatic heterocycles. The van der Waals surface area contributed by atoms with Gasteiger partial charge in [0.25, 0.3) is 0 Å². The van der Waals surface area contributed by atoms with E-state index < -0.39 is 0 Å². The Balaban J connectivity index is 1.71. The maximum Gasteiger partial charge on any atom is 0.223 e. The number of amides is 1. The minimum absolute atomic E-state index is 0.137. The first-order valence-corrected chi connectivity index (χ1v) is 6.77. The van der Waals surface area contributed by atoms with Crippen LogP contribution >= 0.6 is 0 Å². The van der Waals surface area contributed by atoms with E-state index in [-0.39, 0.29) is 18.4 Å². The van der Waals surface area contributed by atoms with E-state index in [4.69, 9.17) is 4.74 Å². The van der Waals surface area contributed by atoms with Crippen LogP contribution in [0.4, 0.5) is 0 Å². The highest BCUT2D eigenvalue weighted by Gasteiger charge is 2.28. The summed E-state index contributed by atoms with van der Waals surface area (Å²) in [6.07, 6.45) is 5.12. The number of carbonyl (C=O) groups excluding carboxylic acids is 1. The molecule has 2 aliphatic rings. The van der Waals surface area contributed by atoms with Gasteiger partial charge in [0.1, 0.15) is 0 Å². The van der Waals surface area contributed by atoms with E-state index in [0.29, 0.717) is 25.0 Å². The number of aliphatic hydroxyl groups is 1. The number of ether oxygens (including phenoxy) is 1. The molecule has 2 rings (SSSR count). The molecule has 2 atom stereocenters. The molecule has 4 heteroatoms. The summed E-state index contributed by atoms with van der Waals surface area (Å²) in [5, 5.41) is 12.3. The van der Waals surface area contributed by atoms with Crippen molar-refractivity contribution in [2.45, 2.75) is 32.1 Å². The standard InChI is InChI=1S/C13H23NO3/c15-9-12-3-1-2-11(12)8-14-13(16)10-4-6-17-7-5-10/h10-12,15H,1-9H2,(H,14,16). The molecule has 2 N–H and O–H groups in total. The highest BCUT2D eigenvalue weighted by Crippen LogP contribution is 2.30. The van der Waals surface area contributed by atoms with E-state index in [1.165, 1.54) is 6.42 Å². The van der Waals surface area contributed by atoms with Gasteiger partial charge in [-0.2, -0.15) is 0 Å². The zero-order valence-corrected chi connectivity index (χ0v) is 10.4. The first-order chi connectivity index (χ1) is 8.31. The van der Waals surface area contributed by atoms with Crippen LogP contribution in [0.3, 0.4) is 0 Å². The molecule has 0 spiro atoms. The van der Waals surface area contributed by atoms with E-state index in [1.807, 2.05) is 0 Å². The molecule has 2 unspecified atom stereocenters. The SMILES string of the molecule is O=C(NCC1CCCC1CO)C1CCOCC1. The summed E-state index contributed by atoms with van der Waals surface area (Å²) in [5.74, 6) is 1.18. The first-order valence-electron chi connectivity index (χ1n) is 6.77. The van der Waals surface area contributed by atoms with Crippen LogP contribution in [0, 0.1) is 17.8 Å². The third kappa shape index (κ3) is 3.42. The Kier molecular flexibility index (Phi) is 4.80. The van der Waals surface area contributed by atoms with Gasteiger partial charge >= 0.3 is 0 Å². The lowest BCUT2D eigenvalue weighted by Crippen LogP contribution is -2.38. The van der Waals surface area contributed by atoms with Crippen LogP contribution in [-0.4, -0.2) is 37.4 Å². The molecule has 0 aromatic heterocycles. The quantitative estimate of drug-likeness (QED) is 0.770. The topological polar surface area (TPSA) is 58.6 Å². The number of nitrogens with one attached hydrogen (secondary N) is 1. The summed E-state index contributed by atoms with van der Waals surface area (Å²) in [6, 6.07) is 0. The fourth-order valence-electron chi connectivity index (χ4n) is 2.96. The van der Waals surface area contributed by atoms with E-state index in [2.05, 4.69) is 5.32 Å². The summed E-state index contributed by atoms with van der Waals surface area (Å²) < 4.78 is 5.25. The van der Waals surface area contributed by atoms with E-state index in [9.17, 15) is 9.90 Å². The molecule has 98 valence electrons. The van der Waals surface area contributed by atoms with Crippen molar-refractivity contribution < 1.29 is 14.6 Å². The summed E-state index contributed by atoms with van der Waals surface area (Å²) >= 11 is 0. The average molecular weight is 241 g/mol. The minimum Gasteiger partial charge on any atom is -0.396 e. The van der Waals surface area contributed by atoms with Crippen molar-refractivity contribution in [1.82, 2.24) is 5.32 Å². The van der Waals surface area contributed by atoms with Gasteiger partial charge in [-0.05, 0) is 37.5 Å². The number of hydrogen-bond acceptors (Lipinski definition) is 3. The van der Waals surface area contributed by atoms with Crippen molar-refractivity contribution in [3.63, 3.8) is 0 Å². The Hall–Kier alpha value is -0.610. The van der Waals surface area contributed by atoms with Gasteiger partial charge in [-0.25, -0.2) is 0 Å². The zero-order valence-electron chi connectivity index (χ0n) is 10.4. The minimum atomic E-state index is 0.137. The predicted octanol–water partition coefficient (Wildman–Crippen LogP) is 0.938. The van der Waals surface area contributed by atoms with Gasteiger partial charge in [-0.3, -0.25) is 4.79 Å². The molecule has 2 fully saturated rings. The monoisotopic (exact) mass is 241 g/mol. The number of rotatable bonds is 4. The maximum atomic E-state index is 11.9. The molecule has 1 saturated carbocycles. The van der Waals surface area contributed by atoms with E-state index in [1.54, 1.807) is 0 Å². The molecule has 4 nitrogen and oxygen atoms in total. The molecular weight excluding hydrogens is 218 g/mol. The second kappa shape index (κ2) is 6.36. The van der Waals surface area contributed by atoms with Crippen molar-refractivity contribution in [2.75, 3.05) is 26.4 Å². The Morgan fingerprint density at radius 2 is 1.88 bits per heavy atom. The van der Waals surface area contributed by atoms with Gasteiger partial charge in [0.2, 0.25) is 5.91 Å². The van der Waals surface area contributed by atoms with Crippen LogP contribution < -0.4 is 5.32 Å². The molecule has 1 saturated heterocycles. The van der Waals surface area contributed by atoms with Gasteiger partial charge in [-0.1, -0.05) is 6.42 Å². The van der Waals surface area contributed by atoms with Crippen molar-refractivity contribution >= 4 is 5.91 Å². The molecule has 0 bridgehead atoms. The van der Waals surface area contributed by atoms with Crippen LogP contribution in [0.25, 0.3) is 0 Å². The second-order valence-corrected chi connectivity index (χ2v) is 5.27.